The number of urea groups is 1. The number of benzene rings is 2. The fraction of sp³-hybridized carbons (Fsp3) is 0.250. The first kappa shape index (κ1) is 18.4. The molecule has 1 fully saturated rings. The molecule has 0 bridgehead atoms. The maximum atomic E-state index is 12.8. The first-order valence-electron chi connectivity index (χ1n) is 8.67. The number of amides is 4. The Balaban J connectivity index is 1.73. The summed E-state index contributed by atoms with van der Waals surface area (Å²) in [5.74, 6) is -0.422. The van der Waals surface area contributed by atoms with Gasteiger partial charge in [-0.2, -0.15) is 0 Å². The Kier molecular flexibility index (Phi) is 5.12. The highest BCUT2D eigenvalue weighted by Crippen LogP contribution is 2.29. The van der Waals surface area contributed by atoms with Crippen molar-refractivity contribution >= 4 is 23.5 Å². The summed E-state index contributed by atoms with van der Waals surface area (Å²) < 4.78 is 5.47. The van der Waals surface area contributed by atoms with E-state index < -0.39 is 23.4 Å². The van der Waals surface area contributed by atoms with Crippen molar-refractivity contribution in [3.63, 3.8) is 0 Å². The lowest BCUT2D eigenvalue weighted by Crippen LogP contribution is -2.42. The predicted molar refractivity (Wildman–Crippen MR) is 100 cm³/mol. The lowest BCUT2D eigenvalue weighted by atomic mass is 9.92. The first-order chi connectivity index (χ1) is 13.0. The van der Waals surface area contributed by atoms with E-state index in [9.17, 15) is 14.4 Å². The van der Waals surface area contributed by atoms with Crippen molar-refractivity contribution in [1.29, 1.82) is 0 Å². The summed E-state index contributed by atoms with van der Waals surface area (Å²) >= 11 is 0. The number of imide groups is 1. The van der Waals surface area contributed by atoms with Crippen molar-refractivity contribution < 1.29 is 19.1 Å². The number of carbonyl (C=O) groups is 3. The average Bonchev–Trinajstić information content (AvgIpc) is 2.88. The standard InChI is InChI=1S/C20H21N3O4/c1-3-27-16-12-8-7-11-15(16)21-17(24)13-23-18(25)20(2,22-19(23)26)14-9-5-4-6-10-14/h4-12H,3,13H2,1-2H3,(H,21,24)(H,22,26). The normalized spacial score (nSPS) is 19.0. The number of rotatable bonds is 6. The summed E-state index contributed by atoms with van der Waals surface area (Å²) in [6, 6.07) is 15.3. The van der Waals surface area contributed by atoms with Gasteiger partial charge in [-0.3, -0.25) is 14.5 Å². The molecule has 7 nitrogen and oxygen atoms in total. The van der Waals surface area contributed by atoms with Crippen molar-refractivity contribution in [2.45, 2.75) is 19.4 Å². The maximum absolute atomic E-state index is 12.8. The predicted octanol–water partition coefficient (Wildman–Crippen LogP) is 2.49. The van der Waals surface area contributed by atoms with Crippen LogP contribution in [0.15, 0.2) is 54.6 Å². The number of nitrogens with one attached hydrogen (secondary N) is 2. The summed E-state index contributed by atoms with van der Waals surface area (Å²) in [5.41, 5.74) is -0.0443. The van der Waals surface area contributed by atoms with Gasteiger partial charge in [0.15, 0.2) is 0 Å². The Bertz CT molecular complexity index is 869. The molecule has 2 aromatic carbocycles. The van der Waals surface area contributed by atoms with E-state index in [-0.39, 0.29) is 6.54 Å². The maximum Gasteiger partial charge on any atom is 0.325 e. The highest BCUT2D eigenvalue weighted by molar-refractivity contribution is 6.10. The highest BCUT2D eigenvalue weighted by Gasteiger charge is 2.49. The number of para-hydroxylation sites is 2. The van der Waals surface area contributed by atoms with Crippen LogP contribution in [0.25, 0.3) is 0 Å². The second kappa shape index (κ2) is 7.49. The van der Waals surface area contributed by atoms with Gasteiger partial charge in [0.2, 0.25) is 5.91 Å². The topological polar surface area (TPSA) is 87.7 Å². The lowest BCUT2D eigenvalue weighted by molar-refractivity contribution is -0.133. The van der Waals surface area contributed by atoms with Gasteiger partial charge in [0.25, 0.3) is 5.91 Å². The molecule has 7 heteroatoms. The molecule has 3 rings (SSSR count). The molecule has 4 amide bonds. The van der Waals surface area contributed by atoms with Gasteiger partial charge in [-0.25, -0.2) is 4.79 Å². The molecule has 0 radical (unpaired) electrons. The molecule has 0 aromatic heterocycles. The minimum absolute atomic E-state index is 0.381. The van der Waals surface area contributed by atoms with Crippen LogP contribution in [-0.4, -0.2) is 35.9 Å². The Labute approximate surface area is 157 Å². The third-order valence-corrected chi connectivity index (χ3v) is 4.39. The first-order valence-corrected chi connectivity index (χ1v) is 8.67. The van der Waals surface area contributed by atoms with Crippen LogP contribution >= 0.6 is 0 Å². The summed E-state index contributed by atoms with van der Waals surface area (Å²) in [6.07, 6.45) is 0. The number of nitrogens with zero attached hydrogens (tertiary/aromatic N) is 1. The van der Waals surface area contributed by atoms with Crippen molar-refractivity contribution in [3.05, 3.63) is 60.2 Å². The van der Waals surface area contributed by atoms with Crippen LogP contribution in [0.1, 0.15) is 19.4 Å². The molecule has 1 heterocycles. The van der Waals surface area contributed by atoms with Crippen LogP contribution in [0, 0.1) is 0 Å². The van der Waals surface area contributed by atoms with E-state index in [1.807, 2.05) is 13.0 Å². The van der Waals surface area contributed by atoms with E-state index in [1.54, 1.807) is 55.5 Å². The Morgan fingerprint density at radius 1 is 1.11 bits per heavy atom. The van der Waals surface area contributed by atoms with Crippen LogP contribution in [0.4, 0.5) is 10.5 Å². The second-order valence-electron chi connectivity index (χ2n) is 6.29. The molecule has 2 aromatic rings. The molecule has 1 atom stereocenters. The third kappa shape index (κ3) is 3.62. The van der Waals surface area contributed by atoms with Crippen LogP contribution in [-0.2, 0) is 15.1 Å². The largest absolute Gasteiger partial charge is 0.492 e. The highest BCUT2D eigenvalue weighted by atomic mass is 16.5. The molecule has 27 heavy (non-hydrogen) atoms. The van der Waals surface area contributed by atoms with Gasteiger partial charge in [-0.05, 0) is 31.5 Å². The molecule has 1 saturated heterocycles. The zero-order valence-electron chi connectivity index (χ0n) is 15.2. The second-order valence-corrected chi connectivity index (χ2v) is 6.29. The van der Waals surface area contributed by atoms with Gasteiger partial charge < -0.3 is 15.4 Å². The van der Waals surface area contributed by atoms with Crippen molar-refractivity contribution in [2.24, 2.45) is 0 Å². The number of hydrogen-bond donors (Lipinski definition) is 2. The average molecular weight is 367 g/mol. The molecule has 1 aliphatic heterocycles. The van der Waals surface area contributed by atoms with E-state index in [0.717, 1.165) is 4.90 Å². The molecular weight excluding hydrogens is 346 g/mol. The SMILES string of the molecule is CCOc1ccccc1NC(=O)CN1C(=O)NC(C)(c2ccccc2)C1=O. The minimum atomic E-state index is -1.19. The molecule has 0 spiro atoms. The van der Waals surface area contributed by atoms with Crippen LogP contribution < -0.4 is 15.4 Å². The Morgan fingerprint density at radius 2 is 1.78 bits per heavy atom. The zero-order valence-corrected chi connectivity index (χ0v) is 15.2. The number of hydrogen-bond acceptors (Lipinski definition) is 4. The smallest absolute Gasteiger partial charge is 0.325 e. The van der Waals surface area contributed by atoms with Crippen LogP contribution in [0.3, 0.4) is 0 Å². The van der Waals surface area contributed by atoms with Crippen molar-refractivity contribution in [2.75, 3.05) is 18.5 Å². The summed E-state index contributed by atoms with van der Waals surface area (Å²) in [4.78, 5) is 38.5. The quantitative estimate of drug-likeness (QED) is 0.768. The Hall–Kier alpha value is -3.35. The van der Waals surface area contributed by atoms with E-state index in [4.69, 9.17) is 4.74 Å². The van der Waals surface area contributed by atoms with Crippen molar-refractivity contribution in [1.82, 2.24) is 10.2 Å². The molecule has 140 valence electrons. The fourth-order valence-electron chi connectivity index (χ4n) is 2.99. The van der Waals surface area contributed by atoms with Gasteiger partial charge >= 0.3 is 6.03 Å². The monoisotopic (exact) mass is 367 g/mol. The lowest BCUT2D eigenvalue weighted by Gasteiger charge is -2.22. The summed E-state index contributed by atoms with van der Waals surface area (Å²) in [6.45, 7) is 3.55. The molecular formula is C20H21N3O4. The van der Waals surface area contributed by atoms with Gasteiger partial charge in [-0.1, -0.05) is 42.5 Å². The van der Waals surface area contributed by atoms with Gasteiger partial charge in [0.05, 0.1) is 12.3 Å². The number of carbonyl (C=O) groups excluding carboxylic acids is 3. The number of anilines is 1. The van der Waals surface area contributed by atoms with E-state index in [1.165, 1.54) is 0 Å². The van der Waals surface area contributed by atoms with Gasteiger partial charge in [0, 0.05) is 0 Å². The van der Waals surface area contributed by atoms with Gasteiger partial charge in [0.1, 0.15) is 17.8 Å². The summed E-state index contributed by atoms with van der Waals surface area (Å²) in [7, 11) is 0. The van der Waals surface area contributed by atoms with Gasteiger partial charge in [-0.15, -0.1) is 0 Å². The van der Waals surface area contributed by atoms with Crippen molar-refractivity contribution in [3.8, 4) is 5.75 Å². The zero-order chi connectivity index (χ0) is 19.4. The van der Waals surface area contributed by atoms with E-state index in [2.05, 4.69) is 10.6 Å². The van der Waals surface area contributed by atoms with Crippen LogP contribution in [0.5, 0.6) is 5.75 Å². The fourth-order valence-corrected chi connectivity index (χ4v) is 2.99. The summed E-state index contributed by atoms with van der Waals surface area (Å²) in [5, 5.41) is 5.37. The third-order valence-electron chi connectivity index (χ3n) is 4.39. The molecule has 0 saturated carbocycles. The molecule has 1 aliphatic rings. The van der Waals surface area contributed by atoms with E-state index in [0.29, 0.717) is 23.6 Å². The molecule has 1 unspecified atom stereocenters. The minimum Gasteiger partial charge on any atom is -0.492 e. The molecule has 2 N–H and O–H groups in total. The van der Waals surface area contributed by atoms with E-state index >= 15 is 0 Å². The number of ether oxygens (including phenoxy) is 1. The Morgan fingerprint density at radius 3 is 2.48 bits per heavy atom. The molecule has 0 aliphatic carbocycles. The van der Waals surface area contributed by atoms with Crippen LogP contribution in [0.2, 0.25) is 0 Å².